The predicted molar refractivity (Wildman–Crippen MR) is 112 cm³/mol. The number of piperazine rings is 1. The minimum absolute atomic E-state index is 0.401. The molecule has 1 saturated carbocycles. The van der Waals surface area contributed by atoms with Crippen LogP contribution in [0.15, 0.2) is 18.2 Å². The maximum Gasteiger partial charge on any atom is 0.209 e. The van der Waals surface area contributed by atoms with Crippen molar-refractivity contribution in [1.29, 1.82) is 0 Å². The van der Waals surface area contributed by atoms with Crippen LogP contribution in [0.25, 0.3) is 0 Å². The fourth-order valence-corrected chi connectivity index (χ4v) is 5.13. The Bertz CT molecular complexity index is 771. The second kappa shape index (κ2) is 8.60. The van der Waals surface area contributed by atoms with E-state index in [-0.39, 0.29) is 0 Å². The third kappa shape index (κ3) is 3.79. The van der Waals surface area contributed by atoms with Gasteiger partial charge in [0.25, 0.3) is 0 Å². The fourth-order valence-electron chi connectivity index (χ4n) is 5.13. The summed E-state index contributed by atoms with van der Waals surface area (Å²) in [5.74, 6) is 1.12. The molecular weight excluding hydrogens is 348 g/mol. The van der Waals surface area contributed by atoms with Gasteiger partial charge in [-0.15, -0.1) is 5.10 Å². The van der Waals surface area contributed by atoms with Crippen molar-refractivity contribution < 1.29 is 4.90 Å². The maximum atomic E-state index is 4.51. The molecule has 6 heteroatoms. The van der Waals surface area contributed by atoms with Gasteiger partial charge in [0.05, 0.1) is 32.2 Å². The van der Waals surface area contributed by atoms with Crippen molar-refractivity contribution in [3.8, 4) is 0 Å². The molecule has 0 radical (unpaired) electrons. The Morgan fingerprint density at radius 2 is 1.86 bits per heavy atom. The van der Waals surface area contributed by atoms with Crippen molar-refractivity contribution in [2.75, 3.05) is 31.1 Å². The first-order chi connectivity index (χ1) is 13.7. The van der Waals surface area contributed by atoms with Gasteiger partial charge >= 0.3 is 0 Å². The normalized spacial score (nSPS) is 20.5. The SMILES string of the molecule is CC[C@@H](c1nnnn1C1CCCCC1)[NH+]1CCN(c2cccc(C)c2C)CC1. The second-order valence-electron chi connectivity index (χ2n) is 8.60. The van der Waals surface area contributed by atoms with Crippen LogP contribution in [0.2, 0.25) is 0 Å². The molecule has 0 spiro atoms. The Hall–Kier alpha value is -1.95. The van der Waals surface area contributed by atoms with Crippen LogP contribution in [0.1, 0.15) is 74.5 Å². The summed E-state index contributed by atoms with van der Waals surface area (Å²) in [6, 6.07) is 7.57. The van der Waals surface area contributed by atoms with Crippen LogP contribution >= 0.6 is 0 Å². The molecule has 1 aromatic heterocycles. The molecule has 0 unspecified atom stereocenters. The average Bonchev–Trinajstić information content (AvgIpc) is 3.21. The summed E-state index contributed by atoms with van der Waals surface area (Å²) in [6.45, 7) is 11.2. The number of aryl methyl sites for hydroxylation is 1. The number of rotatable bonds is 5. The molecule has 2 aliphatic rings. The fraction of sp³-hybridized carbons (Fsp3) is 0.682. The van der Waals surface area contributed by atoms with Crippen LogP contribution in [0.5, 0.6) is 0 Å². The van der Waals surface area contributed by atoms with Crippen molar-refractivity contribution in [3.05, 3.63) is 35.2 Å². The van der Waals surface area contributed by atoms with Gasteiger partial charge in [-0.3, -0.25) is 0 Å². The Morgan fingerprint density at radius 1 is 1.11 bits per heavy atom. The van der Waals surface area contributed by atoms with E-state index >= 15 is 0 Å². The van der Waals surface area contributed by atoms with Crippen LogP contribution in [0.4, 0.5) is 5.69 Å². The monoisotopic (exact) mass is 383 g/mol. The first-order valence-corrected chi connectivity index (χ1v) is 11.1. The first kappa shape index (κ1) is 19.4. The zero-order valence-electron chi connectivity index (χ0n) is 17.7. The molecule has 28 heavy (non-hydrogen) atoms. The van der Waals surface area contributed by atoms with Crippen molar-refractivity contribution in [2.45, 2.75) is 71.4 Å². The topological polar surface area (TPSA) is 51.3 Å². The molecule has 2 aromatic rings. The van der Waals surface area contributed by atoms with Crippen molar-refractivity contribution >= 4 is 5.69 Å². The minimum atomic E-state index is 0.401. The quantitative estimate of drug-likeness (QED) is 0.862. The highest BCUT2D eigenvalue weighted by atomic mass is 15.6. The van der Waals surface area contributed by atoms with Crippen LogP contribution in [-0.4, -0.2) is 46.4 Å². The molecule has 1 saturated heterocycles. The van der Waals surface area contributed by atoms with E-state index in [1.165, 1.54) is 48.9 Å². The third-order valence-electron chi connectivity index (χ3n) is 6.97. The Labute approximate surface area is 168 Å². The lowest BCUT2D eigenvalue weighted by atomic mass is 9.95. The van der Waals surface area contributed by atoms with Gasteiger partial charge in [-0.2, -0.15) is 0 Å². The van der Waals surface area contributed by atoms with Crippen LogP contribution in [0, 0.1) is 13.8 Å². The van der Waals surface area contributed by atoms with E-state index in [1.807, 2.05) is 0 Å². The third-order valence-corrected chi connectivity index (χ3v) is 6.97. The number of hydrogen-bond donors (Lipinski definition) is 1. The lowest BCUT2D eigenvalue weighted by Crippen LogP contribution is -3.15. The summed E-state index contributed by atoms with van der Waals surface area (Å²) in [4.78, 5) is 4.19. The molecule has 152 valence electrons. The van der Waals surface area contributed by atoms with Crippen LogP contribution < -0.4 is 9.80 Å². The van der Waals surface area contributed by atoms with Gasteiger partial charge in [-0.05, 0) is 54.3 Å². The molecule has 4 rings (SSSR count). The van der Waals surface area contributed by atoms with E-state index in [4.69, 9.17) is 0 Å². The van der Waals surface area contributed by atoms with Gasteiger partial charge in [0.15, 0.2) is 0 Å². The summed E-state index contributed by atoms with van der Waals surface area (Å²) >= 11 is 0. The molecule has 1 atom stereocenters. The van der Waals surface area contributed by atoms with Crippen molar-refractivity contribution in [3.63, 3.8) is 0 Å². The lowest BCUT2D eigenvalue weighted by Gasteiger charge is -2.38. The summed E-state index contributed by atoms with van der Waals surface area (Å²) in [5.41, 5.74) is 4.20. The van der Waals surface area contributed by atoms with Gasteiger partial charge in [-0.1, -0.05) is 38.3 Å². The van der Waals surface area contributed by atoms with Gasteiger partial charge < -0.3 is 9.80 Å². The van der Waals surface area contributed by atoms with E-state index in [2.05, 4.69) is 64.1 Å². The van der Waals surface area contributed by atoms with Crippen LogP contribution in [-0.2, 0) is 0 Å². The van der Waals surface area contributed by atoms with Crippen molar-refractivity contribution in [2.24, 2.45) is 0 Å². The summed E-state index contributed by atoms with van der Waals surface area (Å²) < 4.78 is 2.18. The van der Waals surface area contributed by atoms with E-state index in [9.17, 15) is 0 Å². The number of anilines is 1. The zero-order chi connectivity index (χ0) is 19.5. The van der Waals surface area contributed by atoms with E-state index < -0.39 is 0 Å². The molecule has 0 bridgehead atoms. The zero-order valence-corrected chi connectivity index (χ0v) is 17.7. The van der Waals surface area contributed by atoms with Gasteiger partial charge in [0, 0.05) is 12.1 Å². The Morgan fingerprint density at radius 3 is 2.57 bits per heavy atom. The largest absolute Gasteiger partial charge is 0.360 e. The molecule has 1 aromatic carbocycles. The number of benzene rings is 1. The smallest absolute Gasteiger partial charge is 0.209 e. The van der Waals surface area contributed by atoms with Gasteiger partial charge in [0.1, 0.15) is 6.04 Å². The molecule has 2 fully saturated rings. The summed E-state index contributed by atoms with van der Waals surface area (Å²) in [6.07, 6.45) is 7.52. The van der Waals surface area contributed by atoms with Crippen LogP contribution in [0.3, 0.4) is 0 Å². The maximum absolute atomic E-state index is 4.51. The number of hydrogen-bond acceptors (Lipinski definition) is 4. The molecule has 6 nitrogen and oxygen atoms in total. The number of nitrogens with one attached hydrogen (secondary N) is 1. The summed E-state index contributed by atoms with van der Waals surface area (Å²) in [5, 5.41) is 13.0. The number of quaternary nitrogens is 1. The van der Waals surface area contributed by atoms with Gasteiger partial charge in [0.2, 0.25) is 5.82 Å². The Kier molecular flexibility index (Phi) is 5.95. The molecule has 1 N–H and O–H groups in total. The van der Waals surface area contributed by atoms with Crippen molar-refractivity contribution in [1.82, 2.24) is 20.2 Å². The summed E-state index contributed by atoms with van der Waals surface area (Å²) in [7, 11) is 0. The van der Waals surface area contributed by atoms with E-state index in [0.29, 0.717) is 12.1 Å². The molecule has 1 aliphatic carbocycles. The standard InChI is InChI=1S/C22H34N6/c1-4-20(22-23-24-25-28(22)19-10-6-5-7-11-19)26-13-15-27(16-14-26)21-12-8-9-17(2)18(21)3/h8-9,12,19-20H,4-7,10-11,13-16H2,1-3H3/p+1/t20-/m0/s1. The number of tetrazole rings is 1. The highest BCUT2D eigenvalue weighted by Crippen LogP contribution is 2.29. The number of aromatic nitrogens is 4. The Balaban J connectivity index is 1.46. The highest BCUT2D eigenvalue weighted by Gasteiger charge is 2.33. The van der Waals surface area contributed by atoms with E-state index in [0.717, 1.165) is 38.4 Å². The first-order valence-electron chi connectivity index (χ1n) is 11.1. The predicted octanol–water partition coefficient (Wildman–Crippen LogP) is 2.65. The number of nitrogens with zero attached hydrogens (tertiary/aromatic N) is 5. The van der Waals surface area contributed by atoms with E-state index in [1.54, 1.807) is 4.90 Å². The molecule has 0 amide bonds. The average molecular weight is 384 g/mol. The molecule has 1 aliphatic heterocycles. The highest BCUT2D eigenvalue weighted by molar-refractivity contribution is 5.56. The molecule has 2 heterocycles. The lowest BCUT2D eigenvalue weighted by molar-refractivity contribution is -0.933. The second-order valence-corrected chi connectivity index (χ2v) is 8.60. The molecular formula is C22H35N6+. The van der Waals surface area contributed by atoms with Gasteiger partial charge in [-0.25, -0.2) is 4.68 Å². The minimum Gasteiger partial charge on any atom is -0.360 e.